The molecule has 0 radical (unpaired) electrons. The monoisotopic (exact) mass is 468 g/mol. The van der Waals surface area contributed by atoms with Gasteiger partial charge in [0.1, 0.15) is 0 Å². The number of amides is 1. The van der Waals surface area contributed by atoms with Crippen LogP contribution in [-0.2, 0) is 14.8 Å². The van der Waals surface area contributed by atoms with E-state index in [-0.39, 0.29) is 17.3 Å². The number of hydrogen-bond acceptors (Lipinski definition) is 6. The first kappa shape index (κ1) is 23.1. The number of carbonyl (C=O) groups excluding carboxylic acids is 1. The van der Waals surface area contributed by atoms with Crippen LogP contribution in [0.5, 0.6) is 0 Å². The largest absolute Gasteiger partial charge is 0.339 e. The van der Waals surface area contributed by atoms with Crippen LogP contribution in [0, 0.1) is 33.6 Å². The molecule has 2 heterocycles. The van der Waals surface area contributed by atoms with E-state index >= 15 is 0 Å². The quantitative estimate of drug-likeness (QED) is 0.607. The van der Waals surface area contributed by atoms with Crippen molar-refractivity contribution >= 4 is 21.6 Å². The van der Waals surface area contributed by atoms with Gasteiger partial charge in [-0.3, -0.25) is 4.79 Å². The topological polar surface area (TPSA) is 105 Å². The lowest BCUT2D eigenvalue weighted by Crippen LogP contribution is -2.43. The van der Waals surface area contributed by atoms with Gasteiger partial charge in [0.2, 0.25) is 27.6 Å². The van der Waals surface area contributed by atoms with Crippen LogP contribution >= 0.6 is 0 Å². The van der Waals surface area contributed by atoms with E-state index in [0.717, 1.165) is 16.8 Å². The first-order chi connectivity index (χ1) is 15.7. The predicted molar refractivity (Wildman–Crippen MR) is 125 cm³/mol. The van der Waals surface area contributed by atoms with Crippen molar-refractivity contribution in [1.82, 2.24) is 14.4 Å². The van der Waals surface area contributed by atoms with Gasteiger partial charge in [-0.25, -0.2) is 8.42 Å². The van der Waals surface area contributed by atoms with Crippen molar-refractivity contribution in [3.63, 3.8) is 0 Å². The molecule has 1 amide bonds. The van der Waals surface area contributed by atoms with Crippen LogP contribution in [0.1, 0.15) is 35.4 Å². The number of aryl methyl sites for hydroxylation is 3. The summed E-state index contributed by atoms with van der Waals surface area (Å²) in [6.45, 7) is 7.91. The normalized spacial score (nSPS) is 17.2. The molecular formula is C24H28N4O4S. The molecular weight excluding hydrogens is 440 g/mol. The highest BCUT2D eigenvalue weighted by atomic mass is 32.2. The van der Waals surface area contributed by atoms with Crippen LogP contribution in [0.25, 0.3) is 11.4 Å². The van der Waals surface area contributed by atoms with Crippen molar-refractivity contribution < 1.29 is 17.7 Å². The molecule has 3 aromatic rings. The maximum Gasteiger partial charge on any atom is 0.243 e. The molecule has 0 unspecified atom stereocenters. The molecule has 0 saturated carbocycles. The Labute approximate surface area is 194 Å². The van der Waals surface area contributed by atoms with E-state index in [1.165, 1.54) is 4.31 Å². The summed E-state index contributed by atoms with van der Waals surface area (Å²) in [4.78, 5) is 17.4. The second-order valence-electron chi connectivity index (χ2n) is 8.56. The minimum Gasteiger partial charge on any atom is -0.339 e. The Bertz CT molecular complexity index is 1300. The van der Waals surface area contributed by atoms with E-state index in [1.807, 2.05) is 32.0 Å². The van der Waals surface area contributed by atoms with Crippen molar-refractivity contribution in [2.24, 2.45) is 5.92 Å². The van der Waals surface area contributed by atoms with E-state index in [4.69, 9.17) is 4.52 Å². The fraction of sp³-hybridized carbons (Fsp3) is 0.375. The molecule has 2 aromatic carbocycles. The van der Waals surface area contributed by atoms with Gasteiger partial charge in [-0.1, -0.05) is 29.4 Å². The molecule has 0 aliphatic carbocycles. The van der Waals surface area contributed by atoms with E-state index in [0.29, 0.717) is 42.2 Å². The number of rotatable bonds is 5. The molecule has 1 fully saturated rings. The molecule has 1 aliphatic heterocycles. The third-order valence-electron chi connectivity index (χ3n) is 6.21. The standard InChI is InChI=1S/C24H28N4O4S/c1-15-7-5-9-21(17(15)3)26-24(29)20-8-6-12-28(14-20)33(30,31)22-13-19(11-10-16(22)2)23-25-18(4)32-27-23/h5,7,9-11,13,20H,6,8,12,14H2,1-4H3,(H,26,29)/t20-/m1/s1. The number of aromatic nitrogens is 2. The van der Waals surface area contributed by atoms with Crippen molar-refractivity contribution in [3.05, 3.63) is 59.0 Å². The lowest BCUT2D eigenvalue weighted by molar-refractivity contribution is -0.120. The highest BCUT2D eigenvalue weighted by Crippen LogP contribution is 2.29. The van der Waals surface area contributed by atoms with Gasteiger partial charge in [-0.15, -0.1) is 0 Å². The van der Waals surface area contributed by atoms with E-state index in [9.17, 15) is 13.2 Å². The summed E-state index contributed by atoms with van der Waals surface area (Å²) in [6.07, 6.45) is 1.26. The molecule has 174 valence electrons. The highest BCUT2D eigenvalue weighted by molar-refractivity contribution is 7.89. The Morgan fingerprint density at radius 2 is 1.91 bits per heavy atom. The van der Waals surface area contributed by atoms with Gasteiger partial charge in [0.15, 0.2) is 0 Å². The molecule has 33 heavy (non-hydrogen) atoms. The zero-order valence-corrected chi connectivity index (χ0v) is 20.1. The zero-order valence-electron chi connectivity index (χ0n) is 19.3. The zero-order chi connectivity index (χ0) is 23.8. The van der Waals surface area contributed by atoms with Crippen molar-refractivity contribution in [1.29, 1.82) is 0 Å². The van der Waals surface area contributed by atoms with Gasteiger partial charge >= 0.3 is 0 Å². The molecule has 9 heteroatoms. The number of nitrogens with one attached hydrogen (secondary N) is 1. The maximum absolute atomic E-state index is 13.6. The second-order valence-corrected chi connectivity index (χ2v) is 10.5. The number of nitrogens with zero attached hydrogens (tertiary/aromatic N) is 3. The Kier molecular flexibility index (Phi) is 6.36. The molecule has 1 N–H and O–H groups in total. The van der Waals surface area contributed by atoms with E-state index in [1.54, 1.807) is 32.0 Å². The third kappa shape index (κ3) is 4.69. The number of piperidine rings is 1. The highest BCUT2D eigenvalue weighted by Gasteiger charge is 2.34. The van der Waals surface area contributed by atoms with E-state index < -0.39 is 15.9 Å². The summed E-state index contributed by atoms with van der Waals surface area (Å²) in [7, 11) is -3.80. The molecule has 1 aromatic heterocycles. The first-order valence-corrected chi connectivity index (χ1v) is 12.4. The minimum atomic E-state index is -3.80. The van der Waals surface area contributed by atoms with Crippen LogP contribution in [-0.4, -0.2) is 41.9 Å². The Balaban J connectivity index is 1.56. The lowest BCUT2D eigenvalue weighted by atomic mass is 9.98. The minimum absolute atomic E-state index is 0.143. The summed E-state index contributed by atoms with van der Waals surface area (Å²) in [5.41, 5.74) is 4.06. The van der Waals surface area contributed by atoms with Crippen molar-refractivity contribution in [2.45, 2.75) is 45.4 Å². The summed E-state index contributed by atoms with van der Waals surface area (Å²) >= 11 is 0. The van der Waals surface area contributed by atoms with Gasteiger partial charge in [-0.05, 0) is 62.4 Å². The Morgan fingerprint density at radius 1 is 1.12 bits per heavy atom. The summed E-state index contributed by atoms with van der Waals surface area (Å²) in [5, 5.41) is 6.88. The fourth-order valence-electron chi connectivity index (χ4n) is 4.07. The van der Waals surface area contributed by atoms with Crippen LogP contribution in [0.2, 0.25) is 0 Å². The van der Waals surface area contributed by atoms with Crippen LogP contribution in [0.3, 0.4) is 0 Å². The number of benzene rings is 2. The average Bonchev–Trinajstić information content (AvgIpc) is 3.23. The SMILES string of the molecule is Cc1nc(-c2ccc(C)c(S(=O)(=O)N3CCC[C@@H](C(=O)Nc4cccc(C)c4C)C3)c2)no1. The fourth-order valence-corrected chi connectivity index (χ4v) is 5.84. The summed E-state index contributed by atoms with van der Waals surface area (Å²) in [5.74, 6) is 0.171. The number of carbonyl (C=O) groups is 1. The molecule has 1 aliphatic rings. The third-order valence-corrected chi connectivity index (χ3v) is 8.22. The van der Waals surface area contributed by atoms with Gasteiger partial charge < -0.3 is 9.84 Å². The van der Waals surface area contributed by atoms with Gasteiger partial charge in [0.25, 0.3) is 0 Å². The molecule has 4 rings (SSSR count). The van der Waals surface area contributed by atoms with Gasteiger partial charge in [0, 0.05) is 31.3 Å². The smallest absolute Gasteiger partial charge is 0.243 e. The molecule has 0 bridgehead atoms. The van der Waals surface area contributed by atoms with Crippen LogP contribution in [0.15, 0.2) is 45.8 Å². The Hall–Kier alpha value is -3.04. The molecule has 8 nitrogen and oxygen atoms in total. The Morgan fingerprint density at radius 3 is 2.64 bits per heavy atom. The van der Waals surface area contributed by atoms with E-state index in [2.05, 4.69) is 15.5 Å². The molecule has 1 saturated heterocycles. The van der Waals surface area contributed by atoms with Gasteiger partial charge in [0.05, 0.1) is 10.8 Å². The number of anilines is 1. The van der Waals surface area contributed by atoms with Gasteiger partial charge in [-0.2, -0.15) is 9.29 Å². The maximum atomic E-state index is 13.6. The number of hydrogen-bond donors (Lipinski definition) is 1. The summed E-state index contributed by atoms with van der Waals surface area (Å²) in [6, 6.07) is 10.8. The first-order valence-electron chi connectivity index (χ1n) is 11.0. The van der Waals surface area contributed by atoms with Crippen LogP contribution in [0.4, 0.5) is 5.69 Å². The predicted octanol–water partition coefficient (Wildman–Crippen LogP) is 4.01. The van der Waals surface area contributed by atoms with Crippen molar-refractivity contribution in [2.75, 3.05) is 18.4 Å². The van der Waals surface area contributed by atoms with Crippen molar-refractivity contribution in [3.8, 4) is 11.4 Å². The number of sulfonamides is 1. The average molecular weight is 469 g/mol. The lowest BCUT2D eigenvalue weighted by Gasteiger charge is -2.31. The second kappa shape index (κ2) is 9.07. The summed E-state index contributed by atoms with van der Waals surface area (Å²) < 4.78 is 33.5. The molecule has 0 spiro atoms. The van der Waals surface area contributed by atoms with Crippen LogP contribution < -0.4 is 5.32 Å². The molecule has 1 atom stereocenters.